The predicted molar refractivity (Wildman–Crippen MR) is 191 cm³/mol. The first-order chi connectivity index (χ1) is 21.1. The van der Waals surface area contributed by atoms with Crippen molar-refractivity contribution in [1.82, 2.24) is 0 Å². The minimum absolute atomic E-state index is 0.913. The lowest BCUT2D eigenvalue weighted by atomic mass is 9.99. The van der Waals surface area contributed by atoms with Gasteiger partial charge in [0.15, 0.2) is 0 Å². The van der Waals surface area contributed by atoms with E-state index < -0.39 is 0 Å². The van der Waals surface area contributed by atoms with Gasteiger partial charge in [0.2, 0.25) is 0 Å². The highest BCUT2D eigenvalue weighted by atomic mass is 15.1. The van der Waals surface area contributed by atoms with Crippen LogP contribution < -0.4 is 4.90 Å². The van der Waals surface area contributed by atoms with Crippen molar-refractivity contribution in [1.29, 1.82) is 0 Å². The largest absolute Gasteiger partial charge is 0.309 e. The maximum atomic E-state index is 6.02. The Morgan fingerprint density at radius 3 is 2.26 bits per heavy atom. The molecule has 0 fully saturated rings. The van der Waals surface area contributed by atoms with Crippen LogP contribution in [0.4, 0.5) is 11.4 Å². The van der Waals surface area contributed by atoms with Crippen molar-refractivity contribution in [2.24, 2.45) is 0 Å². The molecule has 0 aromatic heterocycles. The average molecular weight is 566 g/mol. The van der Waals surface area contributed by atoms with Gasteiger partial charge >= 0.3 is 0 Å². The summed E-state index contributed by atoms with van der Waals surface area (Å²) in [5.74, 6) is 8.88. The van der Waals surface area contributed by atoms with E-state index in [9.17, 15) is 0 Å². The first-order valence-corrected chi connectivity index (χ1v) is 15.4. The zero-order valence-electron chi connectivity index (χ0n) is 27.0. The van der Waals surface area contributed by atoms with Gasteiger partial charge in [-0.15, -0.1) is 6.42 Å². The molecular weight excluding hydrogens is 518 g/mol. The van der Waals surface area contributed by atoms with E-state index in [1.807, 2.05) is 45.1 Å². The molecule has 0 unspecified atom stereocenters. The number of anilines is 2. The summed E-state index contributed by atoms with van der Waals surface area (Å²) in [6, 6.07) is 23.5. The monoisotopic (exact) mass is 565 g/mol. The standard InChI is InChI=1S/C31H31N.C9H10.C2H6/c1-6-10-14-28(8-3)32(31-15-11-13-27(12-7-2)30(31)9-4)29-22-20-26(21-23-29)25-18-16-24(5)17-19-25;1-2-9-7-5-3-4-6-8-9;1-2/h4,6,8,10-11,13-23H,3,7,12H2,1-2,5H3;5,7-8H,2,6H2,1H3;1-2H3/b10-6-,28-14+;;. The fraction of sp³-hybridized carbons (Fsp3) is 0.238. The van der Waals surface area contributed by atoms with E-state index in [1.54, 1.807) is 0 Å². The Hall–Kier alpha value is -4.72. The Morgan fingerprint density at radius 2 is 1.67 bits per heavy atom. The maximum Gasteiger partial charge on any atom is 0.0620 e. The Morgan fingerprint density at radius 1 is 1.00 bits per heavy atom. The van der Waals surface area contributed by atoms with Gasteiger partial charge in [-0.2, -0.15) is 0 Å². The molecule has 0 saturated heterocycles. The number of hydrogen-bond donors (Lipinski definition) is 0. The summed E-state index contributed by atoms with van der Waals surface area (Å²) in [6.45, 7) is 16.5. The molecule has 3 aromatic rings. The van der Waals surface area contributed by atoms with Crippen LogP contribution in [-0.4, -0.2) is 0 Å². The number of nitrogens with zero attached hydrogens (tertiary/aromatic N) is 1. The molecule has 43 heavy (non-hydrogen) atoms. The highest BCUT2D eigenvalue weighted by Gasteiger charge is 2.17. The lowest BCUT2D eigenvalue weighted by Crippen LogP contribution is -2.17. The number of benzene rings is 3. The number of allylic oxidation sites excluding steroid dienone is 8. The normalized spacial score (nSPS) is 11.8. The van der Waals surface area contributed by atoms with Gasteiger partial charge in [-0.25, -0.2) is 0 Å². The van der Waals surface area contributed by atoms with Crippen molar-refractivity contribution < 1.29 is 0 Å². The van der Waals surface area contributed by atoms with E-state index >= 15 is 0 Å². The van der Waals surface area contributed by atoms with Crippen LogP contribution in [-0.2, 0) is 6.42 Å². The average Bonchev–Trinajstić information content (AvgIpc) is 3.34. The Kier molecular flexibility index (Phi) is 15.6. The number of aryl methyl sites for hydroxylation is 2. The summed E-state index contributed by atoms with van der Waals surface area (Å²) in [7, 11) is 0. The molecule has 1 heteroatoms. The molecule has 0 aliphatic heterocycles. The summed E-state index contributed by atoms with van der Waals surface area (Å²) in [5.41, 5.74) is 10.2. The third-order valence-corrected chi connectivity index (χ3v) is 6.83. The second-order valence-electron chi connectivity index (χ2n) is 9.77. The quantitative estimate of drug-likeness (QED) is 0.184. The molecule has 1 nitrogen and oxygen atoms in total. The smallest absolute Gasteiger partial charge is 0.0620 e. The Bertz CT molecular complexity index is 1520. The van der Waals surface area contributed by atoms with Gasteiger partial charge in [0.05, 0.1) is 11.3 Å². The van der Waals surface area contributed by atoms with Crippen LogP contribution in [0.3, 0.4) is 0 Å². The van der Waals surface area contributed by atoms with Crippen LogP contribution in [0.25, 0.3) is 11.1 Å². The van der Waals surface area contributed by atoms with E-state index in [1.165, 1.54) is 27.8 Å². The van der Waals surface area contributed by atoms with Crippen molar-refractivity contribution in [3.05, 3.63) is 144 Å². The summed E-state index contributed by atoms with van der Waals surface area (Å²) in [5, 5.41) is 0. The van der Waals surface area contributed by atoms with Crippen LogP contribution in [0.15, 0.2) is 127 Å². The molecule has 3 aromatic carbocycles. The Labute approximate surface area is 262 Å². The van der Waals surface area contributed by atoms with Gasteiger partial charge in [-0.3, -0.25) is 0 Å². The molecule has 0 N–H and O–H groups in total. The first-order valence-electron chi connectivity index (χ1n) is 15.4. The van der Waals surface area contributed by atoms with Gasteiger partial charge in [0.25, 0.3) is 0 Å². The molecule has 220 valence electrons. The molecule has 4 rings (SSSR count). The zero-order valence-corrected chi connectivity index (χ0v) is 27.0. The van der Waals surface area contributed by atoms with Crippen LogP contribution in [0, 0.1) is 31.1 Å². The fourth-order valence-corrected chi connectivity index (χ4v) is 4.60. The molecule has 0 atom stereocenters. The van der Waals surface area contributed by atoms with Gasteiger partial charge < -0.3 is 4.90 Å². The molecule has 0 saturated carbocycles. The van der Waals surface area contributed by atoms with E-state index in [0.717, 1.165) is 48.3 Å². The minimum Gasteiger partial charge on any atom is -0.309 e. The summed E-state index contributed by atoms with van der Waals surface area (Å²) >= 11 is 0. The highest BCUT2D eigenvalue weighted by molar-refractivity contribution is 5.78. The maximum absolute atomic E-state index is 6.02. The third-order valence-electron chi connectivity index (χ3n) is 6.83. The topological polar surface area (TPSA) is 3.24 Å². The van der Waals surface area contributed by atoms with E-state index in [0.29, 0.717) is 0 Å². The lowest BCUT2D eigenvalue weighted by Gasteiger charge is -2.28. The van der Waals surface area contributed by atoms with Crippen molar-refractivity contribution in [2.45, 2.75) is 67.2 Å². The second-order valence-corrected chi connectivity index (χ2v) is 9.77. The SMILES string of the molecule is C#Cc1c(CCC)cccc1N(/C(C=C)=C/C=C\C)c1ccc(-c2ccc(C)cc2)cc1.CC.CCC1=CCC#CC=C1. The van der Waals surface area contributed by atoms with Crippen LogP contribution in [0.5, 0.6) is 0 Å². The fourth-order valence-electron chi connectivity index (χ4n) is 4.60. The zero-order chi connectivity index (χ0) is 31.5. The van der Waals surface area contributed by atoms with Gasteiger partial charge in [-0.05, 0) is 79.8 Å². The molecule has 0 radical (unpaired) electrons. The molecule has 1 aliphatic rings. The second kappa shape index (κ2) is 19.4. The van der Waals surface area contributed by atoms with Gasteiger partial charge in [-0.1, -0.05) is 142 Å². The third kappa shape index (κ3) is 10.3. The lowest BCUT2D eigenvalue weighted by molar-refractivity contribution is 0.918. The molecule has 0 heterocycles. The molecular formula is C42H47N. The van der Waals surface area contributed by atoms with E-state index in [4.69, 9.17) is 6.42 Å². The number of rotatable bonds is 9. The summed E-state index contributed by atoms with van der Waals surface area (Å²) in [6.07, 6.45) is 24.2. The number of hydrogen-bond acceptors (Lipinski definition) is 1. The van der Waals surface area contributed by atoms with Crippen LogP contribution in [0.1, 0.15) is 70.6 Å². The van der Waals surface area contributed by atoms with Crippen LogP contribution >= 0.6 is 0 Å². The summed E-state index contributed by atoms with van der Waals surface area (Å²) in [4.78, 5) is 2.19. The first kappa shape index (κ1) is 34.5. The molecule has 0 bridgehead atoms. The van der Waals surface area contributed by atoms with E-state index in [2.05, 4.69) is 135 Å². The molecule has 1 aliphatic carbocycles. The van der Waals surface area contributed by atoms with Crippen molar-refractivity contribution in [2.75, 3.05) is 4.90 Å². The van der Waals surface area contributed by atoms with Crippen molar-refractivity contribution in [3.8, 4) is 35.3 Å². The molecule has 0 spiro atoms. The summed E-state index contributed by atoms with van der Waals surface area (Å²) < 4.78 is 0. The number of terminal acetylenes is 1. The predicted octanol–water partition coefficient (Wildman–Crippen LogP) is 11.7. The van der Waals surface area contributed by atoms with Crippen molar-refractivity contribution >= 4 is 11.4 Å². The van der Waals surface area contributed by atoms with Gasteiger partial charge in [0.1, 0.15) is 0 Å². The van der Waals surface area contributed by atoms with Crippen LogP contribution in [0.2, 0.25) is 0 Å². The molecule has 0 amide bonds. The van der Waals surface area contributed by atoms with E-state index in [-0.39, 0.29) is 0 Å². The Balaban J connectivity index is 0.000000496. The van der Waals surface area contributed by atoms with Gasteiger partial charge in [0, 0.05) is 17.8 Å². The minimum atomic E-state index is 0.913. The van der Waals surface area contributed by atoms with Crippen molar-refractivity contribution in [3.63, 3.8) is 0 Å². The highest BCUT2D eigenvalue weighted by Crippen LogP contribution is 2.36.